The van der Waals surface area contributed by atoms with Crippen LogP contribution in [0.25, 0.3) is 22.3 Å². The Morgan fingerprint density at radius 3 is 3.00 bits per heavy atom. The summed E-state index contributed by atoms with van der Waals surface area (Å²) in [6.07, 6.45) is 3.64. The first-order valence-electron chi connectivity index (χ1n) is 10.6. The van der Waals surface area contributed by atoms with Crippen LogP contribution in [0, 0.1) is 5.82 Å². The summed E-state index contributed by atoms with van der Waals surface area (Å²) in [6, 6.07) is 13.9. The van der Waals surface area contributed by atoms with Crippen molar-refractivity contribution in [3.05, 3.63) is 66.4 Å². The van der Waals surface area contributed by atoms with Crippen LogP contribution in [-0.4, -0.2) is 45.7 Å². The summed E-state index contributed by atoms with van der Waals surface area (Å²) in [6.45, 7) is 1.49. The van der Waals surface area contributed by atoms with Gasteiger partial charge in [0.2, 0.25) is 17.6 Å². The number of carbonyl (C=O) groups excluding carboxylic acids is 1. The van der Waals surface area contributed by atoms with Gasteiger partial charge in [-0.3, -0.25) is 4.79 Å². The molecule has 0 radical (unpaired) electrons. The summed E-state index contributed by atoms with van der Waals surface area (Å²) in [5.41, 5.74) is 1.56. The zero-order valence-corrected chi connectivity index (χ0v) is 17.7. The van der Waals surface area contributed by atoms with Gasteiger partial charge in [-0.1, -0.05) is 17.3 Å². The number of carbonyl (C=O) groups is 1. The summed E-state index contributed by atoms with van der Waals surface area (Å²) in [5, 5.41) is 5.04. The molecule has 0 bridgehead atoms. The van der Waals surface area contributed by atoms with E-state index in [0.717, 1.165) is 29.5 Å². The molecule has 8 heteroatoms. The zero-order chi connectivity index (χ0) is 22.1. The number of rotatable bonds is 5. The Morgan fingerprint density at radius 2 is 2.16 bits per heavy atom. The number of aromatic nitrogens is 3. The number of hydrogen-bond donors (Lipinski definition) is 0. The molecule has 1 fully saturated rings. The molecular formula is C24H23FN4O3. The predicted octanol–water partition coefficient (Wildman–Crippen LogP) is 4.25. The summed E-state index contributed by atoms with van der Waals surface area (Å²) >= 11 is 0. The number of amides is 1. The average molecular weight is 434 g/mol. The Labute approximate surface area is 184 Å². The fourth-order valence-electron chi connectivity index (χ4n) is 4.24. The van der Waals surface area contributed by atoms with Crippen molar-refractivity contribution in [3.63, 3.8) is 0 Å². The molecule has 1 amide bonds. The van der Waals surface area contributed by atoms with Crippen LogP contribution in [0.1, 0.15) is 24.7 Å². The lowest BCUT2D eigenvalue weighted by atomic mass is 9.98. The minimum Gasteiger partial charge on any atom is -0.497 e. The number of nitrogens with zero attached hydrogens (tertiary/aromatic N) is 4. The van der Waals surface area contributed by atoms with Crippen LogP contribution in [0.2, 0.25) is 0 Å². The molecule has 1 saturated heterocycles. The zero-order valence-electron chi connectivity index (χ0n) is 17.7. The number of benzene rings is 2. The van der Waals surface area contributed by atoms with Crippen molar-refractivity contribution in [3.8, 4) is 17.1 Å². The van der Waals surface area contributed by atoms with Crippen molar-refractivity contribution in [2.24, 2.45) is 0 Å². The first kappa shape index (κ1) is 20.2. The van der Waals surface area contributed by atoms with E-state index >= 15 is 0 Å². The van der Waals surface area contributed by atoms with Crippen molar-refractivity contribution >= 4 is 16.8 Å². The Bertz CT molecular complexity index is 1270. The molecule has 7 nitrogen and oxygen atoms in total. The maximum atomic E-state index is 13.5. The molecule has 3 heterocycles. The van der Waals surface area contributed by atoms with Crippen LogP contribution in [0.4, 0.5) is 4.39 Å². The number of hydrogen-bond acceptors (Lipinski definition) is 5. The number of piperidine rings is 1. The molecule has 1 aliphatic rings. The van der Waals surface area contributed by atoms with Gasteiger partial charge >= 0.3 is 0 Å². The normalized spacial score (nSPS) is 16.4. The molecule has 1 aliphatic heterocycles. The van der Waals surface area contributed by atoms with E-state index in [-0.39, 0.29) is 24.2 Å². The Balaban J connectivity index is 1.28. The average Bonchev–Trinajstić information content (AvgIpc) is 3.47. The third-order valence-electron chi connectivity index (χ3n) is 5.93. The van der Waals surface area contributed by atoms with Gasteiger partial charge in [-0.15, -0.1) is 0 Å². The van der Waals surface area contributed by atoms with E-state index in [1.807, 2.05) is 39.9 Å². The number of likely N-dealkylation sites (tertiary alicyclic amines) is 1. The van der Waals surface area contributed by atoms with Gasteiger partial charge in [0.25, 0.3) is 0 Å². The second-order valence-corrected chi connectivity index (χ2v) is 8.01. The molecule has 1 atom stereocenters. The Morgan fingerprint density at radius 1 is 1.25 bits per heavy atom. The lowest BCUT2D eigenvalue weighted by Gasteiger charge is -2.31. The van der Waals surface area contributed by atoms with E-state index in [9.17, 15) is 9.18 Å². The molecule has 4 aromatic rings. The lowest BCUT2D eigenvalue weighted by Crippen LogP contribution is -2.40. The smallest absolute Gasteiger partial charge is 0.242 e. The standard InChI is InChI=1S/C24H23FN4O3/c1-31-20-7-8-21-16(13-20)9-11-28(21)15-22(30)29-10-3-5-18(14-29)24-26-23(27-32-24)17-4-2-6-19(25)12-17/h2,4,6-9,11-13,18H,3,5,10,14-15H2,1H3. The highest BCUT2D eigenvalue weighted by molar-refractivity contribution is 5.84. The number of ether oxygens (including phenoxy) is 1. The van der Waals surface area contributed by atoms with Gasteiger partial charge in [-0.25, -0.2) is 4.39 Å². The van der Waals surface area contributed by atoms with Crippen molar-refractivity contribution < 1.29 is 18.4 Å². The quantitative estimate of drug-likeness (QED) is 0.470. The number of methoxy groups -OCH3 is 1. The van der Waals surface area contributed by atoms with E-state index in [0.29, 0.717) is 30.4 Å². The van der Waals surface area contributed by atoms with Crippen LogP contribution < -0.4 is 4.74 Å². The van der Waals surface area contributed by atoms with Crippen LogP contribution in [0.15, 0.2) is 59.3 Å². The third-order valence-corrected chi connectivity index (χ3v) is 5.93. The number of fused-ring (bicyclic) bond motifs is 1. The molecule has 2 aromatic heterocycles. The minimum atomic E-state index is -0.348. The van der Waals surface area contributed by atoms with Gasteiger partial charge in [0.05, 0.1) is 13.0 Å². The molecule has 0 spiro atoms. The molecular weight excluding hydrogens is 411 g/mol. The van der Waals surface area contributed by atoms with E-state index in [4.69, 9.17) is 9.26 Å². The fourth-order valence-corrected chi connectivity index (χ4v) is 4.24. The van der Waals surface area contributed by atoms with Crippen LogP contribution in [0.3, 0.4) is 0 Å². The molecule has 0 N–H and O–H groups in total. The first-order chi connectivity index (χ1) is 15.6. The SMILES string of the molecule is COc1ccc2c(ccn2CC(=O)N2CCCC(c3nc(-c4cccc(F)c4)no3)C2)c1. The topological polar surface area (TPSA) is 73.4 Å². The van der Waals surface area contributed by atoms with Gasteiger partial charge in [0, 0.05) is 35.8 Å². The predicted molar refractivity (Wildman–Crippen MR) is 117 cm³/mol. The van der Waals surface area contributed by atoms with E-state index in [1.54, 1.807) is 19.2 Å². The molecule has 5 rings (SSSR count). The first-order valence-corrected chi connectivity index (χ1v) is 10.6. The summed E-state index contributed by atoms with van der Waals surface area (Å²) in [4.78, 5) is 19.4. The summed E-state index contributed by atoms with van der Waals surface area (Å²) in [5.74, 6) is 1.30. The largest absolute Gasteiger partial charge is 0.497 e. The maximum absolute atomic E-state index is 13.5. The number of halogens is 1. The summed E-state index contributed by atoms with van der Waals surface area (Å²) < 4.78 is 26.2. The highest BCUT2D eigenvalue weighted by Crippen LogP contribution is 2.28. The van der Waals surface area contributed by atoms with Crippen molar-refractivity contribution in [2.75, 3.05) is 20.2 Å². The molecule has 2 aromatic carbocycles. The van der Waals surface area contributed by atoms with Crippen molar-refractivity contribution in [2.45, 2.75) is 25.3 Å². The van der Waals surface area contributed by atoms with E-state index in [2.05, 4.69) is 10.1 Å². The van der Waals surface area contributed by atoms with E-state index in [1.165, 1.54) is 12.1 Å². The molecule has 0 aliphatic carbocycles. The maximum Gasteiger partial charge on any atom is 0.242 e. The van der Waals surface area contributed by atoms with Gasteiger partial charge in [-0.2, -0.15) is 4.98 Å². The van der Waals surface area contributed by atoms with E-state index < -0.39 is 0 Å². The highest BCUT2D eigenvalue weighted by atomic mass is 19.1. The highest BCUT2D eigenvalue weighted by Gasteiger charge is 2.29. The lowest BCUT2D eigenvalue weighted by molar-refractivity contribution is -0.133. The van der Waals surface area contributed by atoms with Crippen molar-refractivity contribution in [1.29, 1.82) is 0 Å². The van der Waals surface area contributed by atoms with Gasteiger partial charge in [0.15, 0.2) is 0 Å². The molecule has 0 saturated carbocycles. The Hall–Kier alpha value is -3.68. The van der Waals surface area contributed by atoms with Gasteiger partial charge < -0.3 is 18.7 Å². The monoisotopic (exact) mass is 434 g/mol. The Kier molecular flexibility index (Phi) is 5.34. The molecule has 164 valence electrons. The molecule has 32 heavy (non-hydrogen) atoms. The van der Waals surface area contributed by atoms with Crippen LogP contribution >= 0.6 is 0 Å². The minimum absolute atomic E-state index is 0.0341. The van der Waals surface area contributed by atoms with Crippen LogP contribution in [-0.2, 0) is 11.3 Å². The third kappa shape index (κ3) is 3.95. The van der Waals surface area contributed by atoms with Gasteiger partial charge in [-0.05, 0) is 49.2 Å². The second kappa shape index (κ2) is 8.45. The van der Waals surface area contributed by atoms with Gasteiger partial charge in [0.1, 0.15) is 18.1 Å². The van der Waals surface area contributed by atoms with Crippen molar-refractivity contribution in [1.82, 2.24) is 19.6 Å². The summed E-state index contributed by atoms with van der Waals surface area (Å²) in [7, 11) is 1.64. The fraction of sp³-hybridized carbons (Fsp3) is 0.292. The molecule has 1 unspecified atom stereocenters. The second-order valence-electron chi connectivity index (χ2n) is 8.01. The van der Waals surface area contributed by atoms with Crippen LogP contribution in [0.5, 0.6) is 5.75 Å².